The molecule has 0 atom stereocenters. The Balaban J connectivity index is 1.48. The first-order chi connectivity index (χ1) is 12.3. The Bertz CT molecular complexity index is 1010. The van der Waals surface area contributed by atoms with Gasteiger partial charge in [-0.3, -0.25) is 5.10 Å². The van der Waals surface area contributed by atoms with Gasteiger partial charge in [0.15, 0.2) is 0 Å². The minimum absolute atomic E-state index is 0.694. The number of halogens is 1. The van der Waals surface area contributed by atoms with Crippen molar-refractivity contribution in [1.82, 2.24) is 10.2 Å². The quantitative estimate of drug-likeness (QED) is 0.442. The molecule has 0 aliphatic heterocycles. The zero-order valence-electron chi connectivity index (χ0n) is 13.5. The Hall–Kier alpha value is -2.98. The summed E-state index contributed by atoms with van der Waals surface area (Å²) in [5.41, 5.74) is 3.01. The number of benzene rings is 3. The normalized spacial score (nSPS) is 10.8. The second kappa shape index (κ2) is 6.87. The van der Waals surface area contributed by atoms with Crippen LogP contribution >= 0.6 is 11.6 Å². The molecule has 1 aromatic heterocycles. The standard InChI is InChI=1S/C20H17ClN4/c21-17-6-3-7-18(11-17)24-19-13-23-25-20(19)22-12-14-8-9-15-4-1-2-5-16(15)10-14/h1-11,13,24H,12H2,(H2,22,23,25). The van der Waals surface area contributed by atoms with Crippen LogP contribution in [0.5, 0.6) is 0 Å². The average molecular weight is 349 g/mol. The maximum atomic E-state index is 6.03. The third-order valence-corrected chi connectivity index (χ3v) is 4.26. The van der Waals surface area contributed by atoms with E-state index in [0.29, 0.717) is 11.6 Å². The highest BCUT2D eigenvalue weighted by atomic mass is 35.5. The topological polar surface area (TPSA) is 52.7 Å². The van der Waals surface area contributed by atoms with E-state index in [1.807, 2.05) is 24.3 Å². The van der Waals surface area contributed by atoms with Crippen molar-refractivity contribution < 1.29 is 0 Å². The van der Waals surface area contributed by atoms with Crippen LogP contribution in [-0.4, -0.2) is 10.2 Å². The van der Waals surface area contributed by atoms with Crippen molar-refractivity contribution in [2.24, 2.45) is 0 Å². The summed E-state index contributed by atoms with van der Waals surface area (Å²) in [5.74, 6) is 0.841. The highest BCUT2D eigenvalue weighted by Gasteiger charge is 2.06. The van der Waals surface area contributed by atoms with Gasteiger partial charge in [-0.1, -0.05) is 54.1 Å². The SMILES string of the molecule is Clc1cccc(Nc2cn[nH]c2NCc2ccc3ccccc3c2)c1. The summed E-state index contributed by atoms with van der Waals surface area (Å²) >= 11 is 6.03. The third kappa shape index (κ3) is 3.59. The van der Waals surface area contributed by atoms with Gasteiger partial charge in [0.25, 0.3) is 0 Å². The smallest absolute Gasteiger partial charge is 0.145 e. The molecule has 25 heavy (non-hydrogen) atoms. The summed E-state index contributed by atoms with van der Waals surface area (Å²) in [4.78, 5) is 0. The molecule has 0 spiro atoms. The molecule has 4 nitrogen and oxygen atoms in total. The van der Waals surface area contributed by atoms with Crippen molar-refractivity contribution in [3.05, 3.63) is 83.5 Å². The maximum absolute atomic E-state index is 6.03. The van der Waals surface area contributed by atoms with Gasteiger partial charge in [0, 0.05) is 17.3 Å². The van der Waals surface area contributed by atoms with Gasteiger partial charge in [0.1, 0.15) is 11.5 Å². The molecule has 0 aliphatic rings. The molecular weight excluding hydrogens is 332 g/mol. The number of nitrogens with zero attached hydrogens (tertiary/aromatic N) is 1. The van der Waals surface area contributed by atoms with Crippen molar-refractivity contribution in [2.75, 3.05) is 10.6 Å². The molecule has 0 saturated carbocycles. The Morgan fingerprint density at radius 2 is 1.80 bits per heavy atom. The number of anilines is 3. The van der Waals surface area contributed by atoms with Gasteiger partial charge in [-0.15, -0.1) is 0 Å². The molecule has 3 aromatic carbocycles. The number of hydrogen-bond donors (Lipinski definition) is 3. The first kappa shape index (κ1) is 15.5. The number of rotatable bonds is 5. The predicted octanol–water partition coefficient (Wildman–Crippen LogP) is 5.57. The highest BCUT2D eigenvalue weighted by molar-refractivity contribution is 6.30. The van der Waals surface area contributed by atoms with Crippen molar-refractivity contribution in [3.8, 4) is 0 Å². The minimum atomic E-state index is 0.694. The van der Waals surface area contributed by atoms with Crippen molar-refractivity contribution in [1.29, 1.82) is 0 Å². The summed E-state index contributed by atoms with van der Waals surface area (Å²) in [6.07, 6.45) is 1.75. The molecule has 0 aliphatic carbocycles. The molecule has 124 valence electrons. The number of aromatic amines is 1. The van der Waals surface area contributed by atoms with E-state index in [2.05, 4.69) is 63.3 Å². The second-order valence-corrected chi connectivity index (χ2v) is 6.27. The van der Waals surface area contributed by atoms with Crippen LogP contribution in [0.3, 0.4) is 0 Å². The molecule has 0 radical (unpaired) electrons. The lowest BCUT2D eigenvalue weighted by atomic mass is 10.1. The molecule has 4 rings (SSSR count). The van der Waals surface area contributed by atoms with E-state index in [-0.39, 0.29) is 0 Å². The zero-order chi connectivity index (χ0) is 17.1. The van der Waals surface area contributed by atoms with Gasteiger partial charge in [-0.25, -0.2) is 0 Å². The Morgan fingerprint density at radius 1 is 0.920 bits per heavy atom. The van der Waals surface area contributed by atoms with Gasteiger partial charge in [-0.2, -0.15) is 5.10 Å². The Labute approximate surface area is 150 Å². The molecule has 0 fully saturated rings. The fourth-order valence-electron chi connectivity index (χ4n) is 2.78. The number of fused-ring (bicyclic) bond motifs is 1. The summed E-state index contributed by atoms with van der Waals surface area (Å²) in [5, 5.41) is 17.0. The summed E-state index contributed by atoms with van der Waals surface area (Å²) in [6, 6.07) is 22.4. The predicted molar refractivity (Wildman–Crippen MR) is 105 cm³/mol. The highest BCUT2D eigenvalue weighted by Crippen LogP contribution is 2.25. The van der Waals surface area contributed by atoms with Crippen LogP contribution in [-0.2, 0) is 6.54 Å². The van der Waals surface area contributed by atoms with Gasteiger partial charge in [0.05, 0.1) is 6.20 Å². The number of nitrogens with one attached hydrogen (secondary N) is 3. The first-order valence-electron chi connectivity index (χ1n) is 8.05. The number of aromatic nitrogens is 2. The van der Waals surface area contributed by atoms with Crippen LogP contribution in [0.2, 0.25) is 5.02 Å². The molecule has 0 unspecified atom stereocenters. The van der Waals surface area contributed by atoms with E-state index in [1.54, 1.807) is 6.20 Å². The number of hydrogen-bond acceptors (Lipinski definition) is 3. The minimum Gasteiger partial charge on any atom is -0.365 e. The fourth-order valence-corrected chi connectivity index (χ4v) is 2.97. The van der Waals surface area contributed by atoms with E-state index in [0.717, 1.165) is 17.2 Å². The van der Waals surface area contributed by atoms with Gasteiger partial charge < -0.3 is 10.6 Å². The zero-order valence-corrected chi connectivity index (χ0v) is 14.2. The number of H-pyrrole nitrogens is 1. The molecule has 0 bridgehead atoms. The van der Waals surface area contributed by atoms with E-state index in [9.17, 15) is 0 Å². The van der Waals surface area contributed by atoms with E-state index >= 15 is 0 Å². The van der Waals surface area contributed by atoms with Crippen molar-refractivity contribution in [3.63, 3.8) is 0 Å². The van der Waals surface area contributed by atoms with Crippen LogP contribution in [0, 0.1) is 0 Å². The molecule has 0 saturated heterocycles. The third-order valence-electron chi connectivity index (χ3n) is 4.03. The monoisotopic (exact) mass is 348 g/mol. The van der Waals surface area contributed by atoms with Gasteiger partial charge in [-0.05, 0) is 40.6 Å². The van der Waals surface area contributed by atoms with Crippen LogP contribution in [0.25, 0.3) is 10.8 Å². The fraction of sp³-hybridized carbons (Fsp3) is 0.0500. The van der Waals surface area contributed by atoms with Crippen LogP contribution < -0.4 is 10.6 Å². The first-order valence-corrected chi connectivity index (χ1v) is 8.43. The summed E-state index contributed by atoms with van der Waals surface area (Å²) in [7, 11) is 0. The lowest BCUT2D eigenvalue weighted by Gasteiger charge is -2.10. The Kier molecular flexibility index (Phi) is 4.27. The Morgan fingerprint density at radius 3 is 2.68 bits per heavy atom. The molecular formula is C20H17ClN4. The van der Waals surface area contributed by atoms with E-state index in [4.69, 9.17) is 11.6 Å². The van der Waals surface area contributed by atoms with Crippen molar-refractivity contribution >= 4 is 39.6 Å². The van der Waals surface area contributed by atoms with Crippen LogP contribution in [0.1, 0.15) is 5.56 Å². The molecule has 0 amide bonds. The lowest BCUT2D eigenvalue weighted by Crippen LogP contribution is -2.02. The average Bonchev–Trinajstić information content (AvgIpc) is 3.07. The second-order valence-electron chi connectivity index (χ2n) is 5.83. The van der Waals surface area contributed by atoms with Gasteiger partial charge in [0.2, 0.25) is 0 Å². The van der Waals surface area contributed by atoms with Crippen LogP contribution in [0.15, 0.2) is 72.9 Å². The molecule has 1 heterocycles. The lowest BCUT2D eigenvalue weighted by molar-refractivity contribution is 1.05. The molecule has 4 aromatic rings. The van der Waals surface area contributed by atoms with Crippen molar-refractivity contribution in [2.45, 2.75) is 6.54 Å². The van der Waals surface area contributed by atoms with Crippen LogP contribution in [0.4, 0.5) is 17.2 Å². The largest absolute Gasteiger partial charge is 0.365 e. The maximum Gasteiger partial charge on any atom is 0.145 e. The van der Waals surface area contributed by atoms with Gasteiger partial charge >= 0.3 is 0 Å². The summed E-state index contributed by atoms with van der Waals surface area (Å²) in [6.45, 7) is 0.706. The molecule has 3 N–H and O–H groups in total. The van der Waals surface area contributed by atoms with E-state index < -0.39 is 0 Å². The molecule has 5 heteroatoms. The summed E-state index contributed by atoms with van der Waals surface area (Å²) < 4.78 is 0. The van der Waals surface area contributed by atoms with E-state index in [1.165, 1.54) is 16.3 Å².